The van der Waals surface area contributed by atoms with Crippen LogP contribution in [0.15, 0.2) is 48.7 Å². The number of nitrogens with two attached hydrogens (primary N) is 1. The van der Waals surface area contributed by atoms with E-state index in [0.29, 0.717) is 0 Å². The second-order valence-electron chi connectivity index (χ2n) is 5.12. The molecule has 1 atom stereocenters. The highest BCUT2D eigenvalue weighted by atomic mass is 32.1. The summed E-state index contributed by atoms with van der Waals surface area (Å²) in [6.45, 7) is 2.14. The Labute approximate surface area is 128 Å². The van der Waals surface area contributed by atoms with Crippen LogP contribution in [0.2, 0.25) is 0 Å². The van der Waals surface area contributed by atoms with Gasteiger partial charge in [0.25, 0.3) is 0 Å². The first-order valence-electron chi connectivity index (χ1n) is 7.18. The molecular weight excluding hydrogens is 278 g/mol. The van der Waals surface area contributed by atoms with E-state index in [1.165, 1.54) is 20.5 Å². The third-order valence-electron chi connectivity index (χ3n) is 3.70. The standard InChI is InChI=1S/C17H19N3S/c1-2-12-7-8-14(19-11-12)10-15(20-18)17-9-13-5-3-4-6-16(13)21-17/h3-9,11,15,20H,2,10,18H2,1H3. The van der Waals surface area contributed by atoms with E-state index < -0.39 is 0 Å². The fraction of sp³-hybridized carbons (Fsp3) is 0.235. The number of pyridine rings is 1. The summed E-state index contributed by atoms with van der Waals surface area (Å²) in [5.41, 5.74) is 5.25. The molecule has 0 fully saturated rings. The SMILES string of the molecule is CCc1ccc(CC(NN)c2cc3ccccc3s2)nc1. The van der Waals surface area contributed by atoms with Crippen LogP contribution in [-0.4, -0.2) is 4.98 Å². The van der Waals surface area contributed by atoms with Crippen molar-refractivity contribution in [3.8, 4) is 0 Å². The molecule has 3 N–H and O–H groups in total. The Hall–Kier alpha value is -1.75. The minimum Gasteiger partial charge on any atom is -0.271 e. The lowest BCUT2D eigenvalue weighted by Crippen LogP contribution is -2.29. The molecule has 0 aliphatic carbocycles. The molecular formula is C17H19N3S. The Morgan fingerprint density at radius 2 is 2.10 bits per heavy atom. The molecule has 2 heterocycles. The summed E-state index contributed by atoms with van der Waals surface area (Å²) >= 11 is 1.79. The molecule has 4 heteroatoms. The van der Waals surface area contributed by atoms with Gasteiger partial charge in [-0.05, 0) is 35.6 Å². The minimum atomic E-state index is 0.0994. The summed E-state index contributed by atoms with van der Waals surface area (Å²) < 4.78 is 1.29. The predicted molar refractivity (Wildman–Crippen MR) is 89.2 cm³/mol. The third-order valence-corrected chi connectivity index (χ3v) is 4.93. The summed E-state index contributed by atoms with van der Waals surface area (Å²) in [4.78, 5) is 5.78. The Morgan fingerprint density at radius 3 is 2.76 bits per heavy atom. The van der Waals surface area contributed by atoms with Crippen molar-refractivity contribution in [3.63, 3.8) is 0 Å². The molecule has 1 unspecified atom stereocenters. The molecule has 0 amide bonds. The molecule has 0 spiro atoms. The average Bonchev–Trinajstić information content (AvgIpc) is 2.97. The number of thiophene rings is 1. The van der Waals surface area contributed by atoms with Gasteiger partial charge in [-0.25, -0.2) is 0 Å². The van der Waals surface area contributed by atoms with E-state index in [-0.39, 0.29) is 6.04 Å². The molecule has 0 aliphatic heterocycles. The van der Waals surface area contributed by atoms with Gasteiger partial charge >= 0.3 is 0 Å². The van der Waals surface area contributed by atoms with E-state index in [0.717, 1.165) is 18.5 Å². The lowest BCUT2D eigenvalue weighted by Gasteiger charge is -2.13. The molecule has 3 aromatic rings. The van der Waals surface area contributed by atoms with Crippen LogP contribution in [0.5, 0.6) is 0 Å². The highest BCUT2D eigenvalue weighted by molar-refractivity contribution is 7.19. The number of benzene rings is 1. The van der Waals surface area contributed by atoms with Crippen molar-refractivity contribution in [2.75, 3.05) is 0 Å². The van der Waals surface area contributed by atoms with Gasteiger partial charge in [-0.1, -0.05) is 31.2 Å². The number of aryl methyl sites for hydroxylation is 1. The number of fused-ring (bicyclic) bond motifs is 1. The molecule has 0 radical (unpaired) electrons. The normalized spacial score (nSPS) is 12.7. The fourth-order valence-corrected chi connectivity index (χ4v) is 3.53. The van der Waals surface area contributed by atoms with E-state index in [9.17, 15) is 0 Å². The van der Waals surface area contributed by atoms with Gasteiger partial charge in [-0.15, -0.1) is 11.3 Å². The summed E-state index contributed by atoms with van der Waals surface area (Å²) in [5.74, 6) is 5.76. The number of hydrogen-bond acceptors (Lipinski definition) is 4. The summed E-state index contributed by atoms with van der Waals surface area (Å²) in [5, 5.41) is 1.27. The van der Waals surface area contributed by atoms with Crippen molar-refractivity contribution < 1.29 is 0 Å². The molecule has 108 valence electrons. The molecule has 0 aliphatic rings. The zero-order valence-corrected chi connectivity index (χ0v) is 12.9. The van der Waals surface area contributed by atoms with Crippen molar-refractivity contribution in [1.29, 1.82) is 0 Å². The van der Waals surface area contributed by atoms with Crippen LogP contribution in [0.3, 0.4) is 0 Å². The van der Waals surface area contributed by atoms with Crippen molar-refractivity contribution in [1.82, 2.24) is 10.4 Å². The lowest BCUT2D eigenvalue weighted by molar-refractivity contribution is 0.554. The van der Waals surface area contributed by atoms with Gasteiger partial charge in [0.1, 0.15) is 0 Å². The first-order chi connectivity index (χ1) is 10.3. The van der Waals surface area contributed by atoms with Crippen molar-refractivity contribution in [2.24, 2.45) is 5.84 Å². The van der Waals surface area contributed by atoms with Crippen molar-refractivity contribution >= 4 is 21.4 Å². The second-order valence-corrected chi connectivity index (χ2v) is 6.24. The third kappa shape index (κ3) is 3.13. The predicted octanol–water partition coefficient (Wildman–Crippen LogP) is 3.61. The van der Waals surface area contributed by atoms with Crippen LogP contribution in [0.1, 0.15) is 29.1 Å². The number of rotatable bonds is 5. The number of nitrogens with one attached hydrogen (secondary N) is 1. The first-order valence-corrected chi connectivity index (χ1v) is 8.00. The Morgan fingerprint density at radius 1 is 1.24 bits per heavy atom. The van der Waals surface area contributed by atoms with Crippen LogP contribution in [0, 0.1) is 0 Å². The van der Waals surface area contributed by atoms with Crippen LogP contribution in [-0.2, 0) is 12.8 Å². The smallest absolute Gasteiger partial charge is 0.0609 e. The number of hydrazine groups is 1. The zero-order chi connectivity index (χ0) is 14.7. The van der Waals surface area contributed by atoms with Crippen LogP contribution >= 0.6 is 11.3 Å². The molecule has 3 rings (SSSR count). The Bertz CT molecular complexity index is 685. The van der Waals surface area contributed by atoms with Gasteiger partial charge in [0.2, 0.25) is 0 Å². The number of aromatic nitrogens is 1. The molecule has 0 bridgehead atoms. The summed E-state index contributed by atoms with van der Waals surface area (Å²) in [6.07, 6.45) is 3.77. The van der Waals surface area contributed by atoms with E-state index in [1.54, 1.807) is 11.3 Å². The second kappa shape index (κ2) is 6.35. The maximum atomic E-state index is 5.76. The van der Waals surface area contributed by atoms with Gasteiger partial charge in [0, 0.05) is 27.9 Å². The molecule has 0 saturated carbocycles. The van der Waals surface area contributed by atoms with Crippen LogP contribution in [0.4, 0.5) is 0 Å². The van der Waals surface area contributed by atoms with E-state index in [2.05, 4.69) is 59.8 Å². The number of nitrogens with zero attached hydrogens (tertiary/aromatic N) is 1. The average molecular weight is 297 g/mol. The molecule has 3 nitrogen and oxygen atoms in total. The Kier molecular flexibility index (Phi) is 4.29. The monoisotopic (exact) mass is 297 g/mol. The lowest BCUT2D eigenvalue weighted by atomic mass is 10.1. The van der Waals surface area contributed by atoms with Gasteiger partial charge in [-0.2, -0.15) is 0 Å². The fourth-order valence-electron chi connectivity index (χ4n) is 2.41. The van der Waals surface area contributed by atoms with Gasteiger partial charge < -0.3 is 0 Å². The van der Waals surface area contributed by atoms with Crippen molar-refractivity contribution in [3.05, 3.63) is 64.8 Å². The maximum Gasteiger partial charge on any atom is 0.0609 e. The first kappa shape index (κ1) is 14.2. The molecule has 0 saturated heterocycles. The highest BCUT2D eigenvalue weighted by Crippen LogP contribution is 2.30. The highest BCUT2D eigenvalue weighted by Gasteiger charge is 2.14. The number of hydrogen-bond donors (Lipinski definition) is 2. The minimum absolute atomic E-state index is 0.0994. The maximum absolute atomic E-state index is 5.76. The summed E-state index contributed by atoms with van der Waals surface area (Å²) in [7, 11) is 0. The van der Waals surface area contributed by atoms with Crippen LogP contribution in [0.25, 0.3) is 10.1 Å². The molecule has 2 aromatic heterocycles. The van der Waals surface area contributed by atoms with Crippen LogP contribution < -0.4 is 11.3 Å². The topological polar surface area (TPSA) is 50.9 Å². The van der Waals surface area contributed by atoms with E-state index in [1.807, 2.05) is 6.20 Å². The largest absolute Gasteiger partial charge is 0.271 e. The van der Waals surface area contributed by atoms with Gasteiger partial charge in [0.05, 0.1) is 6.04 Å². The molecule has 21 heavy (non-hydrogen) atoms. The van der Waals surface area contributed by atoms with Gasteiger partial charge in [-0.3, -0.25) is 16.3 Å². The zero-order valence-electron chi connectivity index (χ0n) is 12.0. The van der Waals surface area contributed by atoms with E-state index in [4.69, 9.17) is 5.84 Å². The quantitative estimate of drug-likeness (QED) is 0.559. The Balaban J connectivity index is 1.83. The van der Waals surface area contributed by atoms with Gasteiger partial charge in [0.15, 0.2) is 0 Å². The molecule has 1 aromatic carbocycles. The summed E-state index contributed by atoms with van der Waals surface area (Å²) in [6, 6.07) is 15.0. The van der Waals surface area contributed by atoms with E-state index >= 15 is 0 Å². The van der Waals surface area contributed by atoms with Crippen molar-refractivity contribution in [2.45, 2.75) is 25.8 Å².